The van der Waals surface area contributed by atoms with Gasteiger partial charge in [0.05, 0.1) is 25.2 Å². The maximum absolute atomic E-state index is 12.3. The third-order valence-electron chi connectivity index (χ3n) is 4.32. The predicted molar refractivity (Wildman–Crippen MR) is 101 cm³/mol. The van der Waals surface area contributed by atoms with E-state index < -0.39 is 0 Å². The lowest BCUT2D eigenvalue weighted by Gasteiger charge is -2.27. The summed E-state index contributed by atoms with van der Waals surface area (Å²) in [5.74, 6) is 0.653. The van der Waals surface area contributed by atoms with Crippen LogP contribution in [0, 0.1) is 0 Å². The van der Waals surface area contributed by atoms with Crippen LogP contribution in [0.25, 0.3) is 16.8 Å². The lowest BCUT2D eigenvalue weighted by molar-refractivity contribution is -0.113. The van der Waals surface area contributed by atoms with Crippen molar-refractivity contribution in [3.05, 3.63) is 46.9 Å². The fourth-order valence-electron chi connectivity index (χ4n) is 3.03. The van der Waals surface area contributed by atoms with E-state index in [-0.39, 0.29) is 5.91 Å². The summed E-state index contributed by atoms with van der Waals surface area (Å²) in [6.45, 7) is 2.90. The molecule has 1 saturated heterocycles. The maximum atomic E-state index is 12.3. The Hall–Kier alpha value is -2.31. The summed E-state index contributed by atoms with van der Waals surface area (Å²) >= 11 is 1.44. The van der Waals surface area contributed by atoms with Crippen LogP contribution in [0.3, 0.4) is 0 Å². The Morgan fingerprint density at radius 3 is 2.68 bits per heavy atom. The summed E-state index contributed by atoms with van der Waals surface area (Å²) in [5, 5.41) is 2.86. The van der Waals surface area contributed by atoms with Crippen molar-refractivity contribution in [1.29, 1.82) is 0 Å². The van der Waals surface area contributed by atoms with Crippen LogP contribution >= 0.6 is 11.8 Å². The van der Waals surface area contributed by atoms with E-state index in [1.165, 1.54) is 11.8 Å². The second-order valence-corrected chi connectivity index (χ2v) is 6.82. The third-order valence-corrected chi connectivity index (χ3v) is 5.36. The average molecular weight is 354 g/mol. The SMILES string of the molecule is COc1ccc(/C=C2\SC(N3CCOCC3)=NC2=O)c2ccccc12. The first-order valence-corrected chi connectivity index (χ1v) is 8.99. The van der Waals surface area contributed by atoms with E-state index in [0.717, 1.165) is 40.3 Å². The number of ether oxygens (including phenoxy) is 2. The number of amidine groups is 1. The number of hydrogen-bond donors (Lipinski definition) is 0. The van der Waals surface area contributed by atoms with Crippen molar-refractivity contribution in [2.75, 3.05) is 33.4 Å². The van der Waals surface area contributed by atoms with E-state index in [1.54, 1.807) is 7.11 Å². The topological polar surface area (TPSA) is 51.1 Å². The fourth-order valence-corrected chi connectivity index (χ4v) is 3.98. The number of amides is 1. The quantitative estimate of drug-likeness (QED) is 0.776. The number of benzene rings is 2. The zero-order valence-electron chi connectivity index (χ0n) is 13.9. The van der Waals surface area contributed by atoms with Gasteiger partial charge in [0.15, 0.2) is 5.17 Å². The van der Waals surface area contributed by atoms with Gasteiger partial charge < -0.3 is 14.4 Å². The average Bonchev–Trinajstić information content (AvgIpc) is 3.03. The molecule has 0 spiro atoms. The van der Waals surface area contributed by atoms with E-state index >= 15 is 0 Å². The van der Waals surface area contributed by atoms with Crippen LogP contribution in [0.2, 0.25) is 0 Å². The number of thioether (sulfide) groups is 1. The number of methoxy groups -OCH3 is 1. The highest BCUT2D eigenvalue weighted by Gasteiger charge is 2.27. The molecule has 2 aromatic rings. The summed E-state index contributed by atoms with van der Waals surface area (Å²) in [6.07, 6.45) is 1.92. The van der Waals surface area contributed by atoms with Crippen molar-refractivity contribution < 1.29 is 14.3 Å². The largest absolute Gasteiger partial charge is 0.496 e. The summed E-state index contributed by atoms with van der Waals surface area (Å²) in [4.78, 5) is 19.3. The van der Waals surface area contributed by atoms with Gasteiger partial charge in [-0.05, 0) is 34.9 Å². The number of carbonyl (C=O) groups excluding carboxylic acids is 1. The van der Waals surface area contributed by atoms with Crippen molar-refractivity contribution in [3.63, 3.8) is 0 Å². The van der Waals surface area contributed by atoms with E-state index in [9.17, 15) is 4.79 Å². The molecule has 2 aromatic carbocycles. The molecule has 2 aliphatic rings. The van der Waals surface area contributed by atoms with Gasteiger partial charge in [0.1, 0.15) is 5.75 Å². The maximum Gasteiger partial charge on any atom is 0.286 e. The third kappa shape index (κ3) is 3.15. The molecule has 0 atom stereocenters. The van der Waals surface area contributed by atoms with Crippen LogP contribution in [0.5, 0.6) is 5.75 Å². The zero-order chi connectivity index (χ0) is 17.2. The molecule has 0 N–H and O–H groups in total. The lowest BCUT2D eigenvalue weighted by atomic mass is 10.0. The van der Waals surface area contributed by atoms with Crippen molar-refractivity contribution in [2.45, 2.75) is 0 Å². The van der Waals surface area contributed by atoms with E-state index in [1.807, 2.05) is 42.5 Å². The van der Waals surface area contributed by atoms with Gasteiger partial charge in [-0.15, -0.1) is 0 Å². The molecule has 2 heterocycles. The fraction of sp³-hybridized carbons (Fsp3) is 0.263. The minimum Gasteiger partial charge on any atom is -0.496 e. The van der Waals surface area contributed by atoms with E-state index in [0.29, 0.717) is 18.1 Å². The Labute approximate surface area is 150 Å². The molecular formula is C19H18N2O3S. The highest BCUT2D eigenvalue weighted by molar-refractivity contribution is 8.18. The molecule has 6 heteroatoms. The molecule has 0 aromatic heterocycles. The number of hydrogen-bond acceptors (Lipinski definition) is 5. The molecule has 1 fully saturated rings. The molecule has 5 nitrogen and oxygen atoms in total. The first-order valence-electron chi connectivity index (χ1n) is 8.17. The molecule has 4 rings (SSSR count). The predicted octanol–water partition coefficient (Wildman–Crippen LogP) is 3.15. The molecule has 1 amide bonds. The molecule has 0 radical (unpaired) electrons. The van der Waals surface area contributed by atoms with Crippen molar-refractivity contribution in [2.24, 2.45) is 4.99 Å². The first-order chi connectivity index (χ1) is 12.3. The minimum atomic E-state index is -0.175. The standard InChI is InChI=1S/C19H18N2O3S/c1-23-16-7-6-13(14-4-2-3-5-15(14)16)12-17-18(22)20-19(25-17)21-8-10-24-11-9-21/h2-7,12H,8-11H2,1H3/b17-12-. The second-order valence-electron chi connectivity index (χ2n) is 5.81. The van der Waals surface area contributed by atoms with Gasteiger partial charge >= 0.3 is 0 Å². The number of aliphatic imine (C=N–C) groups is 1. The minimum absolute atomic E-state index is 0.175. The van der Waals surface area contributed by atoms with Crippen LogP contribution in [-0.4, -0.2) is 49.4 Å². The summed E-state index contributed by atoms with van der Waals surface area (Å²) in [6, 6.07) is 11.9. The van der Waals surface area contributed by atoms with E-state index in [4.69, 9.17) is 9.47 Å². The zero-order valence-corrected chi connectivity index (χ0v) is 14.7. The molecule has 0 unspecified atom stereocenters. The summed E-state index contributed by atoms with van der Waals surface area (Å²) in [7, 11) is 1.67. The van der Waals surface area contributed by atoms with Gasteiger partial charge in [0, 0.05) is 18.5 Å². The van der Waals surface area contributed by atoms with Gasteiger partial charge in [-0.2, -0.15) is 4.99 Å². The normalized spacial score (nSPS) is 19.6. The highest BCUT2D eigenvalue weighted by atomic mass is 32.2. The molecule has 0 aliphatic carbocycles. The molecule has 128 valence electrons. The van der Waals surface area contributed by atoms with Gasteiger partial charge in [-0.25, -0.2) is 0 Å². The monoisotopic (exact) mass is 354 g/mol. The number of morpholine rings is 1. The second kappa shape index (κ2) is 6.90. The number of rotatable bonds is 2. The number of fused-ring (bicyclic) bond motifs is 1. The Morgan fingerprint density at radius 1 is 1.16 bits per heavy atom. The van der Waals surface area contributed by atoms with Crippen molar-refractivity contribution in [3.8, 4) is 5.75 Å². The van der Waals surface area contributed by atoms with Gasteiger partial charge in [-0.3, -0.25) is 4.79 Å². The Bertz CT molecular complexity index is 885. The van der Waals surface area contributed by atoms with E-state index in [2.05, 4.69) is 9.89 Å². The van der Waals surface area contributed by atoms with Crippen LogP contribution in [0.4, 0.5) is 0 Å². The summed E-state index contributed by atoms with van der Waals surface area (Å²) < 4.78 is 10.8. The van der Waals surface area contributed by atoms with Crippen LogP contribution < -0.4 is 4.74 Å². The van der Waals surface area contributed by atoms with Crippen LogP contribution in [0.1, 0.15) is 5.56 Å². The van der Waals surface area contributed by atoms with Crippen LogP contribution in [-0.2, 0) is 9.53 Å². The van der Waals surface area contributed by atoms with Crippen LogP contribution in [0.15, 0.2) is 46.3 Å². The van der Waals surface area contributed by atoms with Crippen molar-refractivity contribution >= 4 is 39.7 Å². The smallest absolute Gasteiger partial charge is 0.286 e. The van der Waals surface area contributed by atoms with Crippen molar-refractivity contribution in [1.82, 2.24) is 4.90 Å². The van der Waals surface area contributed by atoms with Gasteiger partial charge in [0.25, 0.3) is 5.91 Å². The Morgan fingerprint density at radius 2 is 1.92 bits per heavy atom. The first kappa shape index (κ1) is 16.2. The Kier molecular flexibility index (Phi) is 4.46. The molecule has 0 saturated carbocycles. The molecular weight excluding hydrogens is 336 g/mol. The number of nitrogens with zero attached hydrogens (tertiary/aromatic N) is 2. The molecule has 2 aliphatic heterocycles. The van der Waals surface area contributed by atoms with Gasteiger partial charge in [-0.1, -0.05) is 30.3 Å². The summed E-state index contributed by atoms with van der Waals surface area (Å²) in [5.41, 5.74) is 0.991. The van der Waals surface area contributed by atoms with Gasteiger partial charge in [0.2, 0.25) is 0 Å². The molecule has 25 heavy (non-hydrogen) atoms. The Balaban J connectivity index is 1.66. The highest BCUT2D eigenvalue weighted by Crippen LogP contribution is 2.34. The lowest BCUT2D eigenvalue weighted by Crippen LogP contribution is -2.38. The number of carbonyl (C=O) groups is 1. The molecule has 0 bridgehead atoms.